The molecule has 0 spiro atoms. The number of benzene rings is 1. The van der Waals surface area contributed by atoms with Crippen LogP contribution in [0.4, 0.5) is 0 Å². The maximum absolute atomic E-state index is 12.8. The predicted octanol–water partition coefficient (Wildman–Crippen LogP) is 3.49. The molecule has 0 saturated carbocycles. The first-order chi connectivity index (χ1) is 12.2. The number of hydrogen-bond donors (Lipinski definition) is 0. The minimum atomic E-state index is 0.0171. The molecule has 0 N–H and O–H groups in total. The molecule has 1 amide bonds. The molecule has 25 heavy (non-hydrogen) atoms. The van der Waals surface area contributed by atoms with Crippen molar-refractivity contribution in [1.29, 1.82) is 0 Å². The summed E-state index contributed by atoms with van der Waals surface area (Å²) in [5, 5.41) is 8.58. The largest absolute Gasteiger partial charge is 0.332 e. The molecule has 1 aliphatic heterocycles. The Morgan fingerprint density at radius 3 is 2.88 bits per heavy atom. The third-order valence-electron chi connectivity index (χ3n) is 4.59. The number of hydrogen-bond acceptors (Lipinski definition) is 4. The van der Waals surface area contributed by atoms with E-state index in [4.69, 9.17) is 0 Å². The van der Waals surface area contributed by atoms with E-state index in [1.54, 1.807) is 11.8 Å². The van der Waals surface area contributed by atoms with Crippen LogP contribution in [-0.4, -0.2) is 37.7 Å². The third-order valence-corrected chi connectivity index (χ3v) is 5.59. The number of thioether (sulfide) groups is 1. The summed E-state index contributed by atoms with van der Waals surface area (Å²) >= 11 is 1.59. The molecule has 0 aliphatic carbocycles. The van der Waals surface area contributed by atoms with Gasteiger partial charge in [-0.05, 0) is 44.0 Å². The first-order valence-corrected chi connectivity index (χ1v) is 9.49. The highest BCUT2D eigenvalue weighted by atomic mass is 32.2. The Hall–Kier alpha value is -2.34. The lowest BCUT2D eigenvalue weighted by Crippen LogP contribution is -2.32. The molecule has 1 aromatic carbocycles. The summed E-state index contributed by atoms with van der Waals surface area (Å²) in [7, 11) is 0. The minimum Gasteiger partial charge on any atom is -0.332 e. The number of nitrogens with zero attached hydrogens (tertiary/aromatic N) is 4. The van der Waals surface area contributed by atoms with Crippen LogP contribution in [0.15, 0.2) is 53.6 Å². The molecule has 0 bridgehead atoms. The second kappa shape index (κ2) is 6.88. The number of fused-ring (bicyclic) bond motifs is 1. The average Bonchev–Trinajstić information content (AvgIpc) is 3.27. The van der Waals surface area contributed by atoms with Crippen LogP contribution in [0.1, 0.15) is 30.3 Å². The van der Waals surface area contributed by atoms with E-state index < -0.39 is 0 Å². The van der Waals surface area contributed by atoms with Gasteiger partial charge in [0.2, 0.25) is 5.91 Å². The van der Waals surface area contributed by atoms with E-state index in [1.165, 1.54) is 5.56 Å². The van der Waals surface area contributed by atoms with Gasteiger partial charge in [0.25, 0.3) is 0 Å². The van der Waals surface area contributed by atoms with Crippen molar-refractivity contribution in [3.63, 3.8) is 0 Å². The Morgan fingerprint density at radius 2 is 2.04 bits per heavy atom. The van der Waals surface area contributed by atoms with E-state index in [1.807, 2.05) is 33.7 Å². The Labute approximate surface area is 151 Å². The highest BCUT2D eigenvalue weighted by Crippen LogP contribution is 2.32. The van der Waals surface area contributed by atoms with Gasteiger partial charge in [-0.25, -0.2) is 0 Å². The maximum Gasteiger partial charge on any atom is 0.233 e. The zero-order chi connectivity index (χ0) is 17.2. The van der Waals surface area contributed by atoms with E-state index in [2.05, 4.69) is 41.4 Å². The molecule has 2 aromatic heterocycles. The normalized spacial score (nSPS) is 17.3. The molecule has 1 saturated heterocycles. The minimum absolute atomic E-state index is 0.0171. The van der Waals surface area contributed by atoms with Crippen molar-refractivity contribution in [1.82, 2.24) is 19.5 Å². The van der Waals surface area contributed by atoms with Gasteiger partial charge in [-0.1, -0.05) is 23.8 Å². The second-order valence-corrected chi connectivity index (χ2v) is 7.38. The quantitative estimate of drug-likeness (QED) is 0.675. The van der Waals surface area contributed by atoms with Gasteiger partial charge in [-0.3, -0.25) is 9.20 Å². The number of pyridine rings is 1. The van der Waals surface area contributed by atoms with Crippen molar-refractivity contribution in [2.45, 2.75) is 30.7 Å². The molecular formula is C19H20N4OS. The Morgan fingerprint density at radius 1 is 1.20 bits per heavy atom. The van der Waals surface area contributed by atoms with Crippen LogP contribution in [0, 0.1) is 6.92 Å². The van der Waals surface area contributed by atoms with Crippen molar-refractivity contribution in [2.24, 2.45) is 0 Å². The van der Waals surface area contributed by atoms with Crippen molar-refractivity contribution >= 4 is 23.3 Å². The van der Waals surface area contributed by atoms with Crippen LogP contribution in [0.25, 0.3) is 5.65 Å². The van der Waals surface area contributed by atoms with E-state index in [9.17, 15) is 4.79 Å². The van der Waals surface area contributed by atoms with Gasteiger partial charge in [0.15, 0.2) is 11.5 Å². The number of amides is 1. The van der Waals surface area contributed by atoms with E-state index in [-0.39, 0.29) is 11.9 Å². The average molecular weight is 352 g/mol. The van der Waals surface area contributed by atoms with E-state index in [0.717, 1.165) is 35.8 Å². The molecule has 1 atom stereocenters. The zero-order valence-corrected chi connectivity index (χ0v) is 14.9. The molecule has 1 fully saturated rings. The topological polar surface area (TPSA) is 50.5 Å². The van der Waals surface area contributed by atoms with E-state index in [0.29, 0.717) is 5.75 Å². The first kappa shape index (κ1) is 16.1. The number of aryl methyl sites for hydroxylation is 1. The Kier molecular flexibility index (Phi) is 4.44. The van der Waals surface area contributed by atoms with Gasteiger partial charge in [0.1, 0.15) is 0 Å². The van der Waals surface area contributed by atoms with Gasteiger partial charge in [-0.2, -0.15) is 0 Å². The fraction of sp³-hybridized carbons (Fsp3) is 0.316. The Balaban J connectivity index is 1.49. The monoisotopic (exact) mass is 352 g/mol. The molecule has 1 unspecified atom stereocenters. The molecule has 1 aliphatic rings. The number of likely N-dealkylation sites (tertiary alicyclic amines) is 1. The summed E-state index contributed by atoms with van der Waals surface area (Å²) in [4.78, 5) is 15.9. The summed E-state index contributed by atoms with van der Waals surface area (Å²) in [5.41, 5.74) is 2.06. The van der Waals surface area contributed by atoms with Crippen LogP contribution in [0.5, 0.6) is 0 Å². The third kappa shape index (κ3) is 3.26. The predicted molar refractivity (Wildman–Crippen MR) is 98.6 cm³/mol. The fourth-order valence-electron chi connectivity index (χ4n) is 3.28. The Bertz CT molecular complexity index is 890. The molecular weight excluding hydrogens is 332 g/mol. The lowest BCUT2D eigenvalue weighted by Gasteiger charge is -2.23. The molecule has 3 heterocycles. The van der Waals surface area contributed by atoms with Crippen molar-refractivity contribution in [3.05, 3.63) is 60.0 Å². The summed E-state index contributed by atoms with van der Waals surface area (Å²) in [5.74, 6) is 1.48. The molecule has 0 radical (unpaired) electrons. The highest BCUT2D eigenvalue weighted by Gasteiger charge is 2.32. The summed E-state index contributed by atoms with van der Waals surface area (Å²) < 4.78 is 1.99. The van der Waals surface area contributed by atoms with Gasteiger partial charge in [-0.15, -0.1) is 22.0 Å². The maximum atomic E-state index is 12.8. The van der Waals surface area contributed by atoms with Crippen molar-refractivity contribution in [2.75, 3.05) is 12.3 Å². The second-order valence-electron chi connectivity index (χ2n) is 6.33. The van der Waals surface area contributed by atoms with Crippen LogP contribution < -0.4 is 0 Å². The highest BCUT2D eigenvalue weighted by molar-refractivity contribution is 8.00. The lowest BCUT2D eigenvalue weighted by molar-refractivity contribution is -0.129. The standard InChI is InChI=1S/C19H20N4OS/c1-14-7-9-15(10-8-14)25-13-18(24)22-12-4-5-16(22)19-21-20-17-6-2-3-11-23(17)19/h2-3,6-11,16H,4-5,12-13H2,1H3. The molecule has 5 nitrogen and oxygen atoms in total. The fourth-order valence-corrected chi connectivity index (χ4v) is 4.07. The van der Waals surface area contributed by atoms with Gasteiger partial charge < -0.3 is 4.90 Å². The number of rotatable bonds is 4. The molecule has 6 heteroatoms. The van der Waals surface area contributed by atoms with Gasteiger partial charge in [0, 0.05) is 17.6 Å². The molecule has 4 rings (SSSR count). The number of carbonyl (C=O) groups is 1. The lowest BCUT2D eigenvalue weighted by atomic mass is 10.2. The van der Waals surface area contributed by atoms with E-state index >= 15 is 0 Å². The SMILES string of the molecule is Cc1ccc(SCC(=O)N2CCCC2c2nnc3ccccn23)cc1. The zero-order valence-electron chi connectivity index (χ0n) is 14.1. The first-order valence-electron chi connectivity index (χ1n) is 8.51. The summed E-state index contributed by atoms with van der Waals surface area (Å²) in [6.07, 6.45) is 3.91. The number of aromatic nitrogens is 3. The summed E-state index contributed by atoms with van der Waals surface area (Å²) in [6.45, 7) is 2.86. The van der Waals surface area contributed by atoms with Crippen LogP contribution in [0.2, 0.25) is 0 Å². The van der Waals surface area contributed by atoms with Crippen molar-refractivity contribution < 1.29 is 4.79 Å². The smallest absolute Gasteiger partial charge is 0.233 e. The van der Waals surface area contributed by atoms with Crippen LogP contribution in [0.3, 0.4) is 0 Å². The van der Waals surface area contributed by atoms with Gasteiger partial charge in [0.05, 0.1) is 11.8 Å². The molecule has 128 valence electrons. The number of carbonyl (C=O) groups excluding carboxylic acids is 1. The summed E-state index contributed by atoms with van der Waals surface area (Å²) in [6, 6.07) is 14.2. The van der Waals surface area contributed by atoms with Crippen LogP contribution in [-0.2, 0) is 4.79 Å². The van der Waals surface area contributed by atoms with Gasteiger partial charge >= 0.3 is 0 Å². The molecule has 3 aromatic rings. The van der Waals surface area contributed by atoms with Crippen molar-refractivity contribution in [3.8, 4) is 0 Å². The van der Waals surface area contributed by atoms with Crippen LogP contribution >= 0.6 is 11.8 Å².